The number of hydrogen-bond acceptors (Lipinski definition) is 4. The van der Waals surface area contributed by atoms with Crippen molar-refractivity contribution in [1.82, 2.24) is 9.97 Å². The van der Waals surface area contributed by atoms with Gasteiger partial charge in [0.2, 0.25) is 11.9 Å². The predicted molar refractivity (Wildman–Crippen MR) is 103 cm³/mol. The molecule has 0 saturated carbocycles. The van der Waals surface area contributed by atoms with E-state index in [1.165, 1.54) is 11.1 Å². The number of benzene rings is 1. The van der Waals surface area contributed by atoms with Crippen LogP contribution < -0.4 is 10.6 Å². The van der Waals surface area contributed by atoms with Gasteiger partial charge in [0.1, 0.15) is 0 Å². The normalized spacial score (nSPS) is 10.6. The van der Waals surface area contributed by atoms with Crippen LogP contribution in [0.25, 0.3) is 0 Å². The zero-order valence-electron chi connectivity index (χ0n) is 15.6. The molecule has 0 atom stereocenters. The number of carbonyl (C=O) groups excluding carboxylic acids is 1. The van der Waals surface area contributed by atoms with Crippen molar-refractivity contribution in [3.8, 4) is 0 Å². The van der Waals surface area contributed by atoms with Crippen molar-refractivity contribution in [3.63, 3.8) is 0 Å². The average Bonchev–Trinajstić information content (AvgIpc) is 2.58. The summed E-state index contributed by atoms with van der Waals surface area (Å²) in [5, 5.41) is 6.29. The molecule has 0 aliphatic carbocycles. The van der Waals surface area contributed by atoms with Crippen molar-refractivity contribution in [2.75, 3.05) is 17.2 Å². The summed E-state index contributed by atoms with van der Waals surface area (Å²) in [6.45, 7) is 8.79. The lowest BCUT2D eigenvalue weighted by Gasteiger charge is -2.14. The van der Waals surface area contributed by atoms with Crippen molar-refractivity contribution < 1.29 is 4.79 Å². The van der Waals surface area contributed by atoms with E-state index in [4.69, 9.17) is 0 Å². The third-order valence-electron chi connectivity index (χ3n) is 4.11. The fourth-order valence-corrected chi connectivity index (χ4v) is 2.86. The molecule has 5 nitrogen and oxygen atoms in total. The molecule has 0 aliphatic rings. The minimum absolute atomic E-state index is 0.0544. The Hall–Kier alpha value is -2.43. The Morgan fingerprint density at radius 2 is 1.64 bits per heavy atom. The lowest BCUT2D eigenvalue weighted by Crippen LogP contribution is -2.16. The van der Waals surface area contributed by atoms with E-state index in [0.717, 1.165) is 36.3 Å². The predicted octanol–water partition coefficient (Wildman–Crippen LogP) is 4.05. The Labute approximate surface area is 150 Å². The molecule has 2 aromatic rings. The standard InChI is InChI=1S/C20H28N4O/c1-5-16-9-7-10-17(6-2)19(16)24-18(25)11-8-12-21-20-22-14(3)13-15(4)23-20/h7,9-10,13H,5-6,8,11-12H2,1-4H3,(H,24,25)(H,21,22,23). The third kappa shape index (κ3) is 5.55. The van der Waals surface area contributed by atoms with Crippen LogP contribution in [-0.4, -0.2) is 22.4 Å². The molecule has 0 aliphatic heterocycles. The number of anilines is 2. The monoisotopic (exact) mass is 340 g/mol. The number of hydrogen-bond donors (Lipinski definition) is 2. The van der Waals surface area contributed by atoms with Crippen molar-refractivity contribution in [2.45, 2.75) is 53.4 Å². The molecule has 1 heterocycles. The van der Waals surface area contributed by atoms with Crippen LogP contribution in [0.1, 0.15) is 49.2 Å². The Balaban J connectivity index is 1.85. The lowest BCUT2D eigenvalue weighted by molar-refractivity contribution is -0.116. The summed E-state index contributed by atoms with van der Waals surface area (Å²) < 4.78 is 0. The molecular weight excluding hydrogens is 312 g/mol. The summed E-state index contributed by atoms with van der Waals surface area (Å²) in [7, 11) is 0. The minimum Gasteiger partial charge on any atom is -0.354 e. The highest BCUT2D eigenvalue weighted by Gasteiger charge is 2.10. The molecule has 0 unspecified atom stereocenters. The summed E-state index contributed by atoms with van der Waals surface area (Å²) in [4.78, 5) is 21.0. The van der Waals surface area contributed by atoms with E-state index in [1.807, 2.05) is 19.9 Å². The third-order valence-corrected chi connectivity index (χ3v) is 4.11. The number of para-hydroxylation sites is 1. The van der Waals surface area contributed by atoms with E-state index in [1.54, 1.807) is 0 Å². The zero-order valence-corrected chi connectivity index (χ0v) is 15.6. The highest BCUT2D eigenvalue weighted by Crippen LogP contribution is 2.22. The van der Waals surface area contributed by atoms with E-state index in [2.05, 4.69) is 52.6 Å². The highest BCUT2D eigenvalue weighted by atomic mass is 16.1. The van der Waals surface area contributed by atoms with Gasteiger partial charge in [-0.05, 0) is 50.3 Å². The maximum atomic E-state index is 12.3. The number of nitrogens with zero attached hydrogens (tertiary/aromatic N) is 2. The van der Waals surface area contributed by atoms with E-state index in [9.17, 15) is 4.79 Å². The van der Waals surface area contributed by atoms with Gasteiger partial charge in [-0.2, -0.15) is 0 Å². The molecule has 1 aromatic heterocycles. The molecule has 0 spiro atoms. The van der Waals surface area contributed by atoms with Gasteiger partial charge in [-0.15, -0.1) is 0 Å². The van der Waals surface area contributed by atoms with Gasteiger partial charge in [0, 0.05) is 30.0 Å². The lowest BCUT2D eigenvalue weighted by atomic mass is 10.0. The van der Waals surface area contributed by atoms with Crippen molar-refractivity contribution in [3.05, 3.63) is 46.8 Å². The van der Waals surface area contributed by atoms with Gasteiger partial charge in [0.05, 0.1) is 0 Å². The second-order valence-corrected chi connectivity index (χ2v) is 6.21. The first-order valence-corrected chi connectivity index (χ1v) is 9.00. The fourth-order valence-electron chi connectivity index (χ4n) is 2.86. The number of rotatable bonds is 8. The molecule has 0 bridgehead atoms. The Bertz CT molecular complexity index is 685. The van der Waals surface area contributed by atoms with Crippen LogP contribution in [-0.2, 0) is 17.6 Å². The summed E-state index contributed by atoms with van der Waals surface area (Å²) in [6, 6.07) is 8.15. The SMILES string of the molecule is CCc1cccc(CC)c1NC(=O)CCCNc1nc(C)cc(C)n1. The van der Waals surface area contributed by atoms with E-state index in [0.29, 0.717) is 18.9 Å². The first-order chi connectivity index (χ1) is 12.0. The number of nitrogens with one attached hydrogen (secondary N) is 2. The average molecular weight is 340 g/mol. The van der Waals surface area contributed by atoms with Gasteiger partial charge >= 0.3 is 0 Å². The molecule has 2 N–H and O–H groups in total. The van der Waals surface area contributed by atoms with Gasteiger partial charge in [-0.1, -0.05) is 32.0 Å². The summed E-state index contributed by atoms with van der Waals surface area (Å²) in [5.41, 5.74) is 5.25. The van der Waals surface area contributed by atoms with E-state index < -0.39 is 0 Å². The Morgan fingerprint density at radius 3 is 2.20 bits per heavy atom. The van der Waals surface area contributed by atoms with Crippen molar-refractivity contribution in [1.29, 1.82) is 0 Å². The number of carbonyl (C=O) groups is 1. The molecule has 0 saturated heterocycles. The van der Waals surface area contributed by atoms with Crippen molar-refractivity contribution in [2.24, 2.45) is 0 Å². The first kappa shape index (κ1) is 18.9. The Morgan fingerprint density at radius 1 is 1.04 bits per heavy atom. The Kier molecular flexibility index (Phi) is 6.92. The molecule has 0 fully saturated rings. The summed E-state index contributed by atoms with van der Waals surface area (Å²) >= 11 is 0. The minimum atomic E-state index is 0.0544. The first-order valence-electron chi connectivity index (χ1n) is 9.00. The van der Waals surface area contributed by atoms with Gasteiger partial charge < -0.3 is 10.6 Å². The fraction of sp³-hybridized carbons (Fsp3) is 0.450. The van der Waals surface area contributed by atoms with Crippen LogP contribution >= 0.6 is 0 Å². The number of aryl methyl sites for hydroxylation is 4. The molecule has 5 heteroatoms. The molecular formula is C20H28N4O. The van der Waals surface area contributed by atoms with Crippen LogP contribution in [0.15, 0.2) is 24.3 Å². The summed E-state index contributed by atoms with van der Waals surface area (Å²) in [6.07, 6.45) is 3.03. The van der Waals surface area contributed by atoms with E-state index in [-0.39, 0.29) is 5.91 Å². The van der Waals surface area contributed by atoms with Gasteiger partial charge in [-0.3, -0.25) is 4.79 Å². The second kappa shape index (κ2) is 9.16. The van der Waals surface area contributed by atoms with Crippen LogP contribution in [0.3, 0.4) is 0 Å². The van der Waals surface area contributed by atoms with E-state index >= 15 is 0 Å². The highest BCUT2D eigenvalue weighted by molar-refractivity contribution is 5.92. The molecule has 1 aromatic carbocycles. The van der Waals surface area contributed by atoms with Crippen LogP contribution in [0.4, 0.5) is 11.6 Å². The van der Waals surface area contributed by atoms with Gasteiger partial charge in [0.25, 0.3) is 0 Å². The molecule has 25 heavy (non-hydrogen) atoms. The maximum Gasteiger partial charge on any atom is 0.224 e. The topological polar surface area (TPSA) is 66.9 Å². The molecule has 134 valence electrons. The van der Waals surface area contributed by atoms with Crippen molar-refractivity contribution >= 4 is 17.5 Å². The van der Waals surface area contributed by atoms with Gasteiger partial charge in [0.15, 0.2) is 0 Å². The largest absolute Gasteiger partial charge is 0.354 e. The van der Waals surface area contributed by atoms with Crippen LogP contribution in [0.5, 0.6) is 0 Å². The van der Waals surface area contributed by atoms with Crippen LogP contribution in [0.2, 0.25) is 0 Å². The quantitative estimate of drug-likeness (QED) is 0.712. The summed E-state index contributed by atoms with van der Waals surface area (Å²) in [5.74, 6) is 0.682. The number of amides is 1. The molecule has 1 amide bonds. The zero-order chi connectivity index (χ0) is 18.2. The smallest absolute Gasteiger partial charge is 0.224 e. The second-order valence-electron chi connectivity index (χ2n) is 6.21. The molecule has 2 rings (SSSR count). The van der Waals surface area contributed by atoms with Crippen LogP contribution in [0, 0.1) is 13.8 Å². The maximum absolute atomic E-state index is 12.3. The van der Waals surface area contributed by atoms with Gasteiger partial charge in [-0.25, -0.2) is 9.97 Å². The number of aromatic nitrogens is 2. The molecule has 0 radical (unpaired) electrons.